The molecule has 2 atom stereocenters. The molecule has 0 aromatic carbocycles. The van der Waals surface area contributed by atoms with Gasteiger partial charge in [0, 0.05) is 49.3 Å². The van der Waals surface area contributed by atoms with Crippen molar-refractivity contribution in [2.75, 3.05) is 26.2 Å². The van der Waals surface area contributed by atoms with Crippen molar-refractivity contribution in [3.63, 3.8) is 0 Å². The van der Waals surface area contributed by atoms with Crippen molar-refractivity contribution in [3.05, 3.63) is 0 Å². The molecule has 1 heterocycles. The Kier molecular flexibility index (Phi) is 19.0. The van der Waals surface area contributed by atoms with E-state index in [1.54, 1.807) is 0 Å². The van der Waals surface area contributed by atoms with Gasteiger partial charge >= 0.3 is 17.1 Å². The summed E-state index contributed by atoms with van der Waals surface area (Å²) in [5.41, 5.74) is 0.377. The molecule has 1 rings (SSSR count). The van der Waals surface area contributed by atoms with Crippen LogP contribution in [0.3, 0.4) is 0 Å². The molecule has 1 saturated heterocycles. The van der Waals surface area contributed by atoms with E-state index in [0.29, 0.717) is 12.1 Å². The molecule has 0 spiro atoms. The van der Waals surface area contributed by atoms with E-state index < -0.39 is 20.5 Å². The molecule has 0 saturated carbocycles. The van der Waals surface area contributed by atoms with Gasteiger partial charge in [-0.25, -0.2) is 37.3 Å². The Balaban J connectivity index is -0.000000595. The van der Waals surface area contributed by atoms with Crippen LogP contribution in [0.5, 0.6) is 0 Å². The van der Waals surface area contributed by atoms with Crippen molar-refractivity contribution < 1.29 is 74.8 Å². The predicted octanol–water partition coefficient (Wildman–Crippen LogP) is -8.04. The molecule has 0 unspecified atom stereocenters. The van der Waals surface area contributed by atoms with Gasteiger partial charge in [0.05, 0.1) is 0 Å². The van der Waals surface area contributed by atoms with E-state index in [-0.39, 0.29) is 28.1 Å². The van der Waals surface area contributed by atoms with Crippen LogP contribution in [0.15, 0.2) is 0 Å². The fraction of sp³-hybridized carbons (Fsp3) is 1.00. The first-order valence-corrected chi connectivity index (χ1v) is 11.9. The van der Waals surface area contributed by atoms with E-state index in [0.717, 1.165) is 39.0 Å². The van der Waals surface area contributed by atoms with E-state index in [4.69, 9.17) is 37.3 Å². The Hall–Kier alpha value is 0.619. The molecule has 0 aromatic heterocycles. The Morgan fingerprint density at radius 3 is 1.03 bits per heavy atom. The Bertz CT molecular complexity index is 402. The SMILES string of the molecule is C[C@@H]1CC(C)(C)NCCN[C@@H](C)CC(C)(C)NCCN1.[Cu+2].[O-][Cl+3]([O-])([O-])[O-].[O-][Cl+3]([O-])([O-])[O-]. The Morgan fingerprint density at radius 2 is 0.806 bits per heavy atom. The third-order valence-electron chi connectivity index (χ3n) is 4.08. The van der Waals surface area contributed by atoms with E-state index in [1.807, 2.05) is 0 Å². The van der Waals surface area contributed by atoms with Crippen LogP contribution in [0.4, 0.5) is 0 Å². The molecule has 0 amide bonds. The summed E-state index contributed by atoms with van der Waals surface area (Å²) in [6.07, 6.45) is 2.29. The summed E-state index contributed by atoms with van der Waals surface area (Å²) in [5, 5.41) is 14.6. The zero-order valence-corrected chi connectivity index (χ0v) is 21.2. The zero-order valence-electron chi connectivity index (χ0n) is 18.7. The maximum Gasteiger partial charge on any atom is 2.00 e. The van der Waals surface area contributed by atoms with Gasteiger partial charge in [-0.2, -0.15) is 0 Å². The van der Waals surface area contributed by atoms with Gasteiger partial charge < -0.3 is 21.3 Å². The van der Waals surface area contributed by atoms with Gasteiger partial charge in [-0.3, -0.25) is 0 Å². The number of hydrogen-bond donors (Lipinski definition) is 4. The minimum atomic E-state index is -4.94. The summed E-state index contributed by atoms with van der Waals surface area (Å²) in [5.74, 6) is 0. The number of nitrogens with one attached hydrogen (secondary N) is 4. The molecule has 1 radical (unpaired) electrons. The molecule has 1 fully saturated rings. The van der Waals surface area contributed by atoms with Gasteiger partial charge in [-0.1, -0.05) is 0 Å². The summed E-state index contributed by atoms with van der Waals surface area (Å²) in [6.45, 7) is 17.8. The first kappa shape index (κ1) is 36.2. The first-order valence-electron chi connectivity index (χ1n) is 9.40. The third kappa shape index (κ3) is 35.4. The van der Waals surface area contributed by atoms with E-state index in [2.05, 4.69) is 62.8 Å². The minimum Gasteiger partial charge on any atom is -0.313 e. The van der Waals surface area contributed by atoms with Gasteiger partial charge in [0.25, 0.3) is 0 Å². The molecule has 193 valence electrons. The van der Waals surface area contributed by atoms with Gasteiger partial charge in [-0.15, -0.1) is 20.5 Å². The van der Waals surface area contributed by atoms with Crippen molar-refractivity contribution in [1.29, 1.82) is 0 Å². The van der Waals surface area contributed by atoms with Crippen molar-refractivity contribution in [1.82, 2.24) is 21.3 Å². The fourth-order valence-electron chi connectivity index (χ4n) is 3.26. The van der Waals surface area contributed by atoms with Gasteiger partial charge in [-0.05, 0) is 54.4 Å². The van der Waals surface area contributed by atoms with Crippen molar-refractivity contribution >= 4 is 0 Å². The van der Waals surface area contributed by atoms with Crippen molar-refractivity contribution in [3.8, 4) is 0 Å². The second-order valence-corrected chi connectivity index (χ2v) is 10.0. The Morgan fingerprint density at radius 1 is 0.581 bits per heavy atom. The van der Waals surface area contributed by atoms with Gasteiger partial charge in [0.2, 0.25) is 0 Å². The average Bonchev–Trinajstić information content (AvgIpc) is 2.43. The molecule has 4 N–H and O–H groups in total. The van der Waals surface area contributed by atoms with Crippen molar-refractivity contribution in [2.45, 2.75) is 77.5 Å². The predicted molar refractivity (Wildman–Crippen MR) is 88.3 cm³/mol. The van der Waals surface area contributed by atoms with Crippen LogP contribution in [0.1, 0.15) is 54.4 Å². The quantitative estimate of drug-likeness (QED) is 0.207. The van der Waals surface area contributed by atoms with Crippen LogP contribution in [0.2, 0.25) is 0 Å². The maximum absolute atomic E-state index is 8.49. The first-order chi connectivity index (χ1) is 13.2. The number of halogens is 2. The van der Waals surface area contributed by atoms with Crippen LogP contribution < -0.4 is 58.5 Å². The fourth-order valence-corrected chi connectivity index (χ4v) is 3.26. The van der Waals surface area contributed by atoms with Gasteiger partial charge in [0.1, 0.15) is 0 Å². The summed E-state index contributed by atoms with van der Waals surface area (Å²) >= 11 is 0. The smallest absolute Gasteiger partial charge is 0.313 e. The molecule has 12 nitrogen and oxygen atoms in total. The molecular formula is C16H36Cl2CuN4O8. The van der Waals surface area contributed by atoms with Crippen LogP contribution in [0.25, 0.3) is 0 Å². The summed E-state index contributed by atoms with van der Waals surface area (Å²) in [6, 6.07) is 1.08. The standard InChI is InChI=1S/C16H36N4.2ClHO4.Cu/c1-13-11-15(3,4)19-10-8-18-14(2)12-16(5,6)20-9-7-17-13;2*2-1(3,4)5;/h13-14,17-20H,7-12H2,1-6H3;2*(H,2,3,4,5);/q;;;+2/p-2/t13-,14+;;;. The van der Waals surface area contributed by atoms with E-state index in [1.165, 1.54) is 0 Å². The maximum atomic E-state index is 8.49. The summed E-state index contributed by atoms with van der Waals surface area (Å²) in [7, 11) is -9.89. The van der Waals surface area contributed by atoms with Crippen LogP contribution in [0, 0.1) is 20.5 Å². The molecule has 1 aliphatic heterocycles. The normalized spacial score (nSPS) is 25.4. The molecule has 1 aliphatic rings. The number of rotatable bonds is 0. The van der Waals surface area contributed by atoms with Crippen molar-refractivity contribution in [2.24, 2.45) is 0 Å². The zero-order chi connectivity index (χ0) is 24.2. The van der Waals surface area contributed by atoms with Crippen LogP contribution in [-0.4, -0.2) is 49.3 Å². The molecule has 31 heavy (non-hydrogen) atoms. The molecule has 0 aromatic rings. The van der Waals surface area contributed by atoms with Gasteiger partial charge in [0.15, 0.2) is 0 Å². The van der Waals surface area contributed by atoms with Crippen LogP contribution in [-0.2, 0) is 17.1 Å². The van der Waals surface area contributed by atoms with E-state index >= 15 is 0 Å². The molecule has 0 aliphatic carbocycles. The minimum absolute atomic E-state index is 0. The topological polar surface area (TPSA) is 233 Å². The van der Waals surface area contributed by atoms with Crippen LogP contribution >= 0.6 is 0 Å². The van der Waals surface area contributed by atoms with E-state index in [9.17, 15) is 0 Å². The second kappa shape index (κ2) is 16.3. The molecule has 0 bridgehead atoms. The Labute approximate surface area is 199 Å². The second-order valence-electron chi connectivity index (χ2n) is 8.50. The molecular weight excluding hydrogens is 511 g/mol. The number of hydrogen-bond acceptors (Lipinski definition) is 12. The summed E-state index contributed by atoms with van der Waals surface area (Å²) in [4.78, 5) is 0. The largest absolute Gasteiger partial charge is 2.00 e. The summed E-state index contributed by atoms with van der Waals surface area (Å²) < 4.78 is 67.9. The monoisotopic (exact) mass is 545 g/mol. The third-order valence-corrected chi connectivity index (χ3v) is 4.08. The molecule has 15 heteroatoms. The average molecular weight is 547 g/mol.